The van der Waals surface area contributed by atoms with Crippen molar-refractivity contribution in [2.24, 2.45) is 0 Å². The third-order valence-corrected chi connectivity index (χ3v) is 4.56. The molecule has 2 aromatic rings. The first kappa shape index (κ1) is 19.2. The van der Waals surface area contributed by atoms with Crippen LogP contribution in [0.25, 0.3) is 0 Å². The average Bonchev–Trinajstić information content (AvgIpc) is 2.71. The molecule has 2 aromatic carbocycles. The van der Waals surface area contributed by atoms with Crippen LogP contribution in [0.1, 0.15) is 20.7 Å². The number of aromatic hydroxyl groups is 2. The summed E-state index contributed by atoms with van der Waals surface area (Å²) in [5.74, 6) is -0.537. The topological polar surface area (TPSA) is 81.1 Å². The summed E-state index contributed by atoms with van der Waals surface area (Å²) < 4.78 is 0. The van der Waals surface area contributed by atoms with Crippen LogP contribution in [0.3, 0.4) is 0 Å². The van der Waals surface area contributed by atoms with E-state index in [4.69, 9.17) is 0 Å². The minimum Gasteiger partial charge on any atom is -0.507 e. The van der Waals surface area contributed by atoms with Gasteiger partial charge in [-0.25, -0.2) is 0 Å². The SMILES string of the molecule is O=C(/C=C/N1CCN(/C=C/C(=O)c2ccccc2O)CC1)c1ccccc1O. The highest BCUT2D eigenvalue weighted by Crippen LogP contribution is 2.18. The largest absolute Gasteiger partial charge is 0.507 e. The lowest BCUT2D eigenvalue weighted by Crippen LogP contribution is -2.41. The fraction of sp³-hybridized carbons (Fsp3) is 0.182. The maximum Gasteiger partial charge on any atom is 0.190 e. The van der Waals surface area contributed by atoms with Crippen LogP contribution < -0.4 is 0 Å². The van der Waals surface area contributed by atoms with Gasteiger partial charge >= 0.3 is 0 Å². The molecule has 1 fully saturated rings. The Morgan fingerprint density at radius 3 is 1.39 bits per heavy atom. The van der Waals surface area contributed by atoms with Crippen LogP contribution >= 0.6 is 0 Å². The zero-order valence-electron chi connectivity index (χ0n) is 15.4. The summed E-state index contributed by atoms with van der Waals surface area (Å²) in [4.78, 5) is 28.4. The van der Waals surface area contributed by atoms with Crippen LogP contribution in [0.5, 0.6) is 11.5 Å². The molecule has 1 aliphatic heterocycles. The molecule has 1 aliphatic rings. The predicted octanol–water partition coefficient (Wildman–Crippen LogP) is 2.81. The molecule has 2 N–H and O–H groups in total. The highest BCUT2D eigenvalue weighted by molar-refractivity contribution is 6.06. The molecule has 0 aromatic heterocycles. The Hall–Kier alpha value is -3.54. The quantitative estimate of drug-likeness (QED) is 0.594. The number of ketones is 2. The minimum absolute atomic E-state index is 0.0266. The third-order valence-electron chi connectivity index (χ3n) is 4.56. The summed E-state index contributed by atoms with van der Waals surface area (Å²) in [6, 6.07) is 12.9. The maximum absolute atomic E-state index is 12.2. The predicted molar refractivity (Wildman–Crippen MR) is 106 cm³/mol. The van der Waals surface area contributed by atoms with Crippen LogP contribution in [-0.2, 0) is 0 Å². The molecule has 0 bridgehead atoms. The molecule has 0 amide bonds. The van der Waals surface area contributed by atoms with E-state index in [-0.39, 0.29) is 34.2 Å². The van der Waals surface area contributed by atoms with Crippen molar-refractivity contribution in [1.29, 1.82) is 0 Å². The van der Waals surface area contributed by atoms with E-state index in [0.717, 1.165) is 0 Å². The van der Waals surface area contributed by atoms with Gasteiger partial charge < -0.3 is 20.0 Å². The van der Waals surface area contributed by atoms with Gasteiger partial charge in [0.25, 0.3) is 0 Å². The molecule has 6 heteroatoms. The van der Waals surface area contributed by atoms with E-state index in [1.165, 1.54) is 24.3 Å². The number of piperazine rings is 1. The van der Waals surface area contributed by atoms with Gasteiger partial charge in [-0.3, -0.25) is 9.59 Å². The normalized spacial score (nSPS) is 14.7. The Morgan fingerprint density at radius 1 is 0.679 bits per heavy atom. The van der Waals surface area contributed by atoms with Gasteiger partial charge in [-0.15, -0.1) is 0 Å². The molecule has 1 saturated heterocycles. The van der Waals surface area contributed by atoms with Gasteiger partial charge in [-0.1, -0.05) is 24.3 Å². The van der Waals surface area contributed by atoms with E-state index in [2.05, 4.69) is 0 Å². The van der Waals surface area contributed by atoms with E-state index >= 15 is 0 Å². The van der Waals surface area contributed by atoms with E-state index < -0.39 is 0 Å². The van der Waals surface area contributed by atoms with E-state index in [1.54, 1.807) is 48.8 Å². The van der Waals surface area contributed by atoms with E-state index in [9.17, 15) is 19.8 Å². The van der Waals surface area contributed by atoms with Crippen LogP contribution in [0.15, 0.2) is 73.1 Å². The first-order chi connectivity index (χ1) is 13.5. The van der Waals surface area contributed by atoms with Gasteiger partial charge in [0.1, 0.15) is 11.5 Å². The van der Waals surface area contributed by atoms with Crippen molar-refractivity contribution in [3.8, 4) is 11.5 Å². The number of hydrogen-bond donors (Lipinski definition) is 2. The summed E-state index contributed by atoms with van der Waals surface area (Å²) in [5, 5.41) is 19.5. The number of phenols is 2. The smallest absolute Gasteiger partial charge is 0.190 e. The lowest BCUT2D eigenvalue weighted by Gasteiger charge is -2.33. The highest BCUT2D eigenvalue weighted by Gasteiger charge is 2.14. The Labute approximate surface area is 163 Å². The zero-order valence-corrected chi connectivity index (χ0v) is 15.4. The molecule has 0 aliphatic carbocycles. The highest BCUT2D eigenvalue weighted by atomic mass is 16.3. The lowest BCUT2D eigenvalue weighted by atomic mass is 10.1. The Bertz CT molecular complexity index is 837. The van der Waals surface area contributed by atoms with Crippen molar-refractivity contribution in [1.82, 2.24) is 9.80 Å². The average molecular weight is 378 g/mol. The Balaban J connectivity index is 1.50. The van der Waals surface area contributed by atoms with Gasteiger partial charge in [-0.05, 0) is 24.3 Å². The van der Waals surface area contributed by atoms with Crippen LogP contribution in [-0.4, -0.2) is 57.8 Å². The molecule has 28 heavy (non-hydrogen) atoms. The number of carbonyl (C=O) groups excluding carboxylic acids is 2. The Kier molecular flexibility index (Phi) is 6.11. The summed E-state index contributed by atoms with van der Waals surface area (Å²) in [5.41, 5.74) is 0.561. The third kappa shape index (κ3) is 4.79. The number of nitrogens with zero attached hydrogens (tertiary/aromatic N) is 2. The Morgan fingerprint density at radius 2 is 1.04 bits per heavy atom. The molecule has 0 radical (unpaired) electrons. The number of para-hydroxylation sites is 2. The molecular formula is C22H22N2O4. The van der Waals surface area contributed by atoms with Gasteiger partial charge in [0.05, 0.1) is 11.1 Å². The second-order valence-electron chi connectivity index (χ2n) is 6.47. The van der Waals surface area contributed by atoms with Crippen molar-refractivity contribution in [3.05, 3.63) is 84.2 Å². The van der Waals surface area contributed by atoms with Crippen molar-refractivity contribution < 1.29 is 19.8 Å². The van der Waals surface area contributed by atoms with E-state index in [0.29, 0.717) is 26.2 Å². The van der Waals surface area contributed by atoms with Crippen molar-refractivity contribution in [3.63, 3.8) is 0 Å². The number of phenolic OH excluding ortho intramolecular Hbond substituents is 2. The van der Waals surface area contributed by atoms with Crippen molar-refractivity contribution >= 4 is 11.6 Å². The molecule has 0 saturated carbocycles. The van der Waals surface area contributed by atoms with Gasteiger partial charge in [0.15, 0.2) is 11.6 Å². The summed E-state index contributed by atoms with van der Waals surface area (Å²) in [6.07, 6.45) is 6.40. The number of allylic oxidation sites excluding steroid dienone is 2. The second kappa shape index (κ2) is 8.90. The molecule has 144 valence electrons. The summed E-state index contributed by atoms with van der Waals surface area (Å²) in [6.45, 7) is 2.83. The van der Waals surface area contributed by atoms with Crippen molar-refractivity contribution in [2.75, 3.05) is 26.2 Å². The molecule has 0 unspecified atom stereocenters. The zero-order chi connectivity index (χ0) is 19.9. The molecule has 3 rings (SSSR count). The summed E-state index contributed by atoms with van der Waals surface area (Å²) in [7, 11) is 0. The van der Waals surface area contributed by atoms with Crippen LogP contribution in [0.2, 0.25) is 0 Å². The van der Waals surface area contributed by atoms with Gasteiger partial charge in [0.2, 0.25) is 0 Å². The first-order valence-corrected chi connectivity index (χ1v) is 9.04. The number of hydrogen-bond acceptors (Lipinski definition) is 6. The monoisotopic (exact) mass is 378 g/mol. The minimum atomic E-state index is -0.242. The number of rotatable bonds is 6. The van der Waals surface area contributed by atoms with Crippen molar-refractivity contribution in [2.45, 2.75) is 0 Å². The fourth-order valence-corrected chi connectivity index (χ4v) is 2.93. The first-order valence-electron chi connectivity index (χ1n) is 9.04. The van der Waals surface area contributed by atoms with Crippen LogP contribution in [0.4, 0.5) is 0 Å². The number of benzene rings is 2. The second-order valence-corrected chi connectivity index (χ2v) is 6.47. The molecular weight excluding hydrogens is 356 g/mol. The van der Waals surface area contributed by atoms with E-state index in [1.807, 2.05) is 9.80 Å². The molecule has 0 atom stereocenters. The lowest BCUT2D eigenvalue weighted by molar-refractivity contribution is 0.103. The summed E-state index contributed by atoms with van der Waals surface area (Å²) >= 11 is 0. The van der Waals surface area contributed by atoms with Crippen LogP contribution in [0, 0.1) is 0 Å². The molecule has 6 nitrogen and oxygen atoms in total. The molecule has 1 heterocycles. The van der Waals surface area contributed by atoms with Gasteiger partial charge in [-0.2, -0.15) is 0 Å². The van der Waals surface area contributed by atoms with Gasteiger partial charge in [0, 0.05) is 50.7 Å². The fourth-order valence-electron chi connectivity index (χ4n) is 2.93. The molecule has 0 spiro atoms. The number of carbonyl (C=O) groups is 2. The maximum atomic E-state index is 12.2. The standard InChI is InChI=1S/C22H22N2O4/c25-19-7-3-1-5-17(19)21(27)9-11-23-13-15-24(16-14-23)12-10-22(28)18-6-2-4-8-20(18)26/h1-12,25-26H,13-16H2/b11-9+,12-10+.